The lowest BCUT2D eigenvalue weighted by Gasteiger charge is -2.59. The molecule has 0 spiro atoms. The number of esters is 2. The van der Waals surface area contributed by atoms with E-state index in [-0.39, 0.29) is 35.9 Å². The van der Waals surface area contributed by atoms with Crippen LogP contribution in [0.25, 0.3) is 0 Å². The lowest BCUT2D eigenvalue weighted by Crippen LogP contribution is -2.50. The van der Waals surface area contributed by atoms with Gasteiger partial charge in [-0.3, -0.25) is 4.79 Å². The summed E-state index contributed by atoms with van der Waals surface area (Å²) in [7, 11) is 0. The van der Waals surface area contributed by atoms with Crippen LogP contribution >= 0.6 is 0 Å². The molecule has 0 aromatic heterocycles. The highest BCUT2D eigenvalue weighted by Gasteiger charge is 2.53. The molecule has 5 nitrogen and oxygen atoms in total. The number of fused-ring (bicyclic) bond motifs is 1. The number of aliphatic hydroxyl groups excluding tert-OH is 1. The van der Waals surface area contributed by atoms with Crippen molar-refractivity contribution in [2.24, 2.45) is 28.6 Å². The molecule has 0 aromatic carbocycles. The maximum atomic E-state index is 12.4. The SMILES string of the molecule is C=C1CCCC2C1(C)CCC(C)C2(C)CCC(C)CC(=O)OCC(CO)OC(=O)C(C)=CC. The Bertz CT molecular complexity index is 741. The van der Waals surface area contributed by atoms with Gasteiger partial charge in [-0.25, -0.2) is 4.79 Å². The molecule has 1 N–H and O–H groups in total. The minimum Gasteiger partial charge on any atom is -0.462 e. The fourth-order valence-electron chi connectivity index (χ4n) is 6.06. The van der Waals surface area contributed by atoms with Crippen molar-refractivity contribution in [2.75, 3.05) is 13.2 Å². The van der Waals surface area contributed by atoms with Gasteiger partial charge in [-0.05, 0) is 87.4 Å². The average Bonchev–Trinajstić information content (AvgIpc) is 2.78. The third-order valence-corrected chi connectivity index (χ3v) is 8.92. The number of aliphatic hydroxyl groups is 1. The van der Waals surface area contributed by atoms with Gasteiger partial charge >= 0.3 is 11.9 Å². The van der Waals surface area contributed by atoms with Crippen LogP contribution < -0.4 is 0 Å². The van der Waals surface area contributed by atoms with Gasteiger partial charge in [0.15, 0.2) is 6.10 Å². The predicted molar refractivity (Wildman–Crippen MR) is 131 cm³/mol. The van der Waals surface area contributed by atoms with Crippen LogP contribution in [-0.2, 0) is 19.1 Å². The summed E-state index contributed by atoms with van der Waals surface area (Å²) >= 11 is 0. The maximum absolute atomic E-state index is 12.4. The lowest BCUT2D eigenvalue weighted by atomic mass is 9.46. The van der Waals surface area contributed by atoms with Gasteiger partial charge in [-0.2, -0.15) is 0 Å². The lowest BCUT2D eigenvalue weighted by molar-refractivity contribution is -0.159. The van der Waals surface area contributed by atoms with Crippen LogP contribution in [0.15, 0.2) is 23.8 Å². The van der Waals surface area contributed by atoms with E-state index in [1.807, 2.05) is 0 Å². The van der Waals surface area contributed by atoms with E-state index in [0.717, 1.165) is 19.3 Å². The molecule has 2 saturated carbocycles. The molecule has 2 aliphatic carbocycles. The van der Waals surface area contributed by atoms with Gasteiger partial charge in [-0.15, -0.1) is 0 Å². The molecule has 6 atom stereocenters. The molecule has 2 fully saturated rings. The minimum atomic E-state index is -0.842. The number of rotatable bonds is 10. The van der Waals surface area contributed by atoms with Crippen LogP contribution in [-0.4, -0.2) is 36.4 Å². The number of allylic oxidation sites excluding steroid dienone is 2. The number of carbonyl (C=O) groups is 2. The standard InChI is InChI=1S/C28H46O5/c1-8-20(3)26(31)33-23(17-29)18-32-25(30)16-19(2)12-14-27(6)22(5)13-15-28(7)21(4)10-9-11-24(27)28/h8,19,22-24,29H,4,9-18H2,1-3,5-7H3. The van der Waals surface area contributed by atoms with Crippen LogP contribution in [0.5, 0.6) is 0 Å². The normalized spacial score (nSPS) is 32.0. The van der Waals surface area contributed by atoms with Crippen LogP contribution in [0.2, 0.25) is 0 Å². The van der Waals surface area contributed by atoms with E-state index in [1.54, 1.807) is 19.9 Å². The van der Waals surface area contributed by atoms with Crippen molar-refractivity contribution in [1.82, 2.24) is 0 Å². The van der Waals surface area contributed by atoms with E-state index in [4.69, 9.17) is 9.47 Å². The van der Waals surface area contributed by atoms with Crippen molar-refractivity contribution < 1.29 is 24.2 Å². The van der Waals surface area contributed by atoms with Crippen molar-refractivity contribution in [3.8, 4) is 0 Å². The molecule has 2 aliphatic rings. The average molecular weight is 463 g/mol. The molecule has 0 saturated heterocycles. The summed E-state index contributed by atoms with van der Waals surface area (Å²) in [5, 5.41) is 9.45. The van der Waals surface area contributed by atoms with E-state index in [2.05, 4.69) is 34.3 Å². The van der Waals surface area contributed by atoms with E-state index >= 15 is 0 Å². The van der Waals surface area contributed by atoms with Gasteiger partial charge in [0.25, 0.3) is 0 Å². The van der Waals surface area contributed by atoms with E-state index < -0.39 is 12.1 Å². The fraction of sp³-hybridized carbons (Fsp3) is 0.786. The Morgan fingerprint density at radius 1 is 1.30 bits per heavy atom. The van der Waals surface area contributed by atoms with Crippen molar-refractivity contribution in [3.05, 3.63) is 23.8 Å². The number of ether oxygens (including phenoxy) is 2. The Balaban J connectivity index is 1.87. The molecule has 188 valence electrons. The second-order valence-electron chi connectivity index (χ2n) is 11.1. The van der Waals surface area contributed by atoms with Gasteiger partial charge in [0.1, 0.15) is 6.61 Å². The molecule has 33 heavy (non-hydrogen) atoms. The summed E-state index contributed by atoms with van der Waals surface area (Å²) in [5.41, 5.74) is 2.41. The summed E-state index contributed by atoms with van der Waals surface area (Å²) in [6, 6.07) is 0. The molecule has 0 aromatic rings. The van der Waals surface area contributed by atoms with Crippen LogP contribution in [0, 0.1) is 28.6 Å². The largest absolute Gasteiger partial charge is 0.462 e. The fourth-order valence-corrected chi connectivity index (χ4v) is 6.06. The summed E-state index contributed by atoms with van der Waals surface area (Å²) in [6.07, 6.45) is 9.40. The van der Waals surface area contributed by atoms with Crippen molar-refractivity contribution in [3.63, 3.8) is 0 Å². The molecular formula is C28H46O5. The molecule has 6 unspecified atom stereocenters. The first-order valence-corrected chi connectivity index (χ1v) is 12.8. The topological polar surface area (TPSA) is 72.8 Å². The molecule has 2 rings (SSSR count). The van der Waals surface area contributed by atoms with Crippen molar-refractivity contribution in [1.29, 1.82) is 0 Å². The molecule has 0 heterocycles. The maximum Gasteiger partial charge on any atom is 0.333 e. The van der Waals surface area contributed by atoms with Gasteiger partial charge in [0.05, 0.1) is 6.61 Å². The summed E-state index contributed by atoms with van der Waals surface area (Å²) in [6.45, 7) is 16.8. The Morgan fingerprint density at radius 3 is 2.64 bits per heavy atom. The Kier molecular flexibility index (Phi) is 9.78. The summed E-state index contributed by atoms with van der Waals surface area (Å²) in [5.74, 6) is 0.726. The van der Waals surface area contributed by atoms with Gasteiger partial charge < -0.3 is 14.6 Å². The van der Waals surface area contributed by atoms with Crippen molar-refractivity contribution >= 4 is 11.9 Å². The van der Waals surface area contributed by atoms with E-state index in [0.29, 0.717) is 23.8 Å². The zero-order chi connectivity index (χ0) is 24.8. The monoisotopic (exact) mass is 462 g/mol. The highest BCUT2D eigenvalue weighted by molar-refractivity contribution is 5.87. The number of hydrogen-bond acceptors (Lipinski definition) is 5. The van der Waals surface area contributed by atoms with E-state index in [9.17, 15) is 14.7 Å². The van der Waals surface area contributed by atoms with Gasteiger partial charge in [0.2, 0.25) is 0 Å². The molecule has 0 aliphatic heterocycles. The van der Waals surface area contributed by atoms with Crippen molar-refractivity contribution in [2.45, 2.75) is 99.0 Å². The molecule has 0 radical (unpaired) electrons. The predicted octanol–water partition coefficient (Wildman–Crippen LogP) is 6.01. The molecular weight excluding hydrogens is 416 g/mol. The second kappa shape index (κ2) is 11.7. The van der Waals surface area contributed by atoms with Gasteiger partial charge in [0, 0.05) is 12.0 Å². The molecule has 0 bridgehead atoms. The Labute approximate surface area is 201 Å². The van der Waals surface area contributed by atoms with Crippen LogP contribution in [0.1, 0.15) is 92.9 Å². The third-order valence-electron chi connectivity index (χ3n) is 8.92. The van der Waals surface area contributed by atoms with Crippen LogP contribution in [0.3, 0.4) is 0 Å². The number of carbonyl (C=O) groups excluding carboxylic acids is 2. The highest BCUT2D eigenvalue weighted by Crippen LogP contribution is 2.62. The zero-order valence-corrected chi connectivity index (χ0v) is 21.7. The first kappa shape index (κ1) is 27.6. The molecule has 5 heteroatoms. The Hall–Kier alpha value is -1.62. The highest BCUT2D eigenvalue weighted by atomic mass is 16.6. The van der Waals surface area contributed by atoms with Crippen LogP contribution in [0.4, 0.5) is 0 Å². The number of hydrogen-bond donors (Lipinski definition) is 1. The summed E-state index contributed by atoms with van der Waals surface area (Å²) in [4.78, 5) is 24.3. The molecule has 0 amide bonds. The first-order valence-electron chi connectivity index (χ1n) is 12.8. The van der Waals surface area contributed by atoms with Gasteiger partial charge in [-0.1, -0.05) is 45.9 Å². The minimum absolute atomic E-state index is 0.123. The summed E-state index contributed by atoms with van der Waals surface area (Å²) < 4.78 is 10.5. The third kappa shape index (κ3) is 6.49. The second-order valence-corrected chi connectivity index (χ2v) is 11.1. The zero-order valence-electron chi connectivity index (χ0n) is 21.7. The smallest absolute Gasteiger partial charge is 0.333 e. The quantitative estimate of drug-likeness (QED) is 0.245. The Morgan fingerprint density at radius 2 is 2.00 bits per heavy atom. The van der Waals surface area contributed by atoms with E-state index in [1.165, 1.54) is 31.3 Å². The first-order chi connectivity index (χ1) is 15.5.